The molecule has 3 rings (SSSR count). The van der Waals surface area contributed by atoms with E-state index in [1.54, 1.807) is 4.90 Å². The number of benzene rings is 1. The zero-order valence-corrected chi connectivity index (χ0v) is 13.5. The number of aromatic nitrogens is 2. The number of hydrogen-bond acceptors (Lipinski definition) is 5. The Morgan fingerprint density at radius 2 is 2.21 bits per heavy atom. The van der Waals surface area contributed by atoms with Crippen LogP contribution in [0, 0.1) is 0 Å². The first-order chi connectivity index (χ1) is 11.8. The molecule has 0 bridgehead atoms. The van der Waals surface area contributed by atoms with E-state index in [0.717, 1.165) is 18.4 Å². The molecular formula is C17H22N4O3. The SMILES string of the molecule is O=C(NCCc1nc(Cc2ccccc2)no1)N1CCCC1CO. The second kappa shape index (κ2) is 7.92. The number of carbonyl (C=O) groups excluding carboxylic acids is 1. The third-order valence-electron chi connectivity index (χ3n) is 4.18. The molecule has 1 atom stereocenters. The Bertz CT molecular complexity index is 659. The van der Waals surface area contributed by atoms with Crippen LogP contribution >= 0.6 is 0 Å². The molecule has 2 aromatic rings. The monoisotopic (exact) mass is 330 g/mol. The van der Waals surface area contributed by atoms with Crippen molar-refractivity contribution in [1.29, 1.82) is 0 Å². The molecule has 1 aliphatic heterocycles. The lowest BCUT2D eigenvalue weighted by Crippen LogP contribution is -2.44. The zero-order chi connectivity index (χ0) is 16.8. The number of nitrogens with one attached hydrogen (secondary N) is 1. The quantitative estimate of drug-likeness (QED) is 0.835. The molecule has 24 heavy (non-hydrogen) atoms. The molecule has 7 nitrogen and oxygen atoms in total. The van der Waals surface area contributed by atoms with E-state index in [1.807, 2.05) is 30.3 Å². The van der Waals surface area contributed by atoms with Crippen molar-refractivity contribution in [2.24, 2.45) is 0 Å². The predicted molar refractivity (Wildman–Crippen MR) is 87.5 cm³/mol. The number of nitrogens with zero attached hydrogens (tertiary/aromatic N) is 3. The highest BCUT2D eigenvalue weighted by Gasteiger charge is 2.27. The van der Waals surface area contributed by atoms with Crippen LogP contribution in [0.5, 0.6) is 0 Å². The van der Waals surface area contributed by atoms with Crippen molar-refractivity contribution in [2.75, 3.05) is 19.7 Å². The van der Waals surface area contributed by atoms with Crippen molar-refractivity contribution in [3.8, 4) is 0 Å². The van der Waals surface area contributed by atoms with Crippen LogP contribution in [0.1, 0.15) is 30.1 Å². The van der Waals surface area contributed by atoms with E-state index in [4.69, 9.17) is 4.52 Å². The molecule has 2 N–H and O–H groups in total. The van der Waals surface area contributed by atoms with Gasteiger partial charge in [0.25, 0.3) is 0 Å². The summed E-state index contributed by atoms with van der Waals surface area (Å²) in [4.78, 5) is 18.1. The minimum absolute atomic E-state index is 0.0138. The van der Waals surface area contributed by atoms with E-state index in [0.29, 0.717) is 37.6 Å². The predicted octanol–water partition coefficient (Wildman–Crippen LogP) is 1.37. The third-order valence-corrected chi connectivity index (χ3v) is 4.18. The molecule has 2 amide bonds. The number of amides is 2. The first kappa shape index (κ1) is 16.4. The lowest BCUT2D eigenvalue weighted by atomic mass is 10.1. The van der Waals surface area contributed by atoms with Crippen molar-refractivity contribution in [3.63, 3.8) is 0 Å². The molecule has 7 heteroatoms. The normalized spacial score (nSPS) is 17.2. The molecule has 2 heterocycles. The summed E-state index contributed by atoms with van der Waals surface area (Å²) in [7, 11) is 0. The highest BCUT2D eigenvalue weighted by molar-refractivity contribution is 5.74. The van der Waals surface area contributed by atoms with Gasteiger partial charge in [0, 0.05) is 25.9 Å². The maximum atomic E-state index is 12.1. The second-order valence-electron chi connectivity index (χ2n) is 5.92. The molecule has 1 unspecified atom stereocenters. The lowest BCUT2D eigenvalue weighted by Gasteiger charge is -2.23. The van der Waals surface area contributed by atoms with E-state index in [1.165, 1.54) is 0 Å². The Hall–Kier alpha value is -2.41. The fraction of sp³-hybridized carbons (Fsp3) is 0.471. The van der Waals surface area contributed by atoms with Crippen molar-refractivity contribution in [3.05, 3.63) is 47.6 Å². The Kier molecular flexibility index (Phi) is 5.43. The second-order valence-corrected chi connectivity index (χ2v) is 5.92. The lowest BCUT2D eigenvalue weighted by molar-refractivity contribution is 0.157. The number of rotatable bonds is 6. The fourth-order valence-electron chi connectivity index (χ4n) is 2.91. The van der Waals surface area contributed by atoms with Gasteiger partial charge in [-0.1, -0.05) is 35.5 Å². The van der Waals surface area contributed by atoms with Gasteiger partial charge in [0.05, 0.1) is 12.6 Å². The summed E-state index contributed by atoms with van der Waals surface area (Å²) >= 11 is 0. The number of urea groups is 1. The summed E-state index contributed by atoms with van der Waals surface area (Å²) < 4.78 is 5.22. The van der Waals surface area contributed by atoms with Crippen LogP contribution in [0.25, 0.3) is 0 Å². The van der Waals surface area contributed by atoms with Crippen LogP contribution in [0.3, 0.4) is 0 Å². The van der Waals surface area contributed by atoms with E-state index in [9.17, 15) is 9.90 Å². The highest BCUT2D eigenvalue weighted by Crippen LogP contribution is 2.16. The van der Waals surface area contributed by atoms with Gasteiger partial charge in [0.1, 0.15) is 0 Å². The highest BCUT2D eigenvalue weighted by atomic mass is 16.5. The van der Waals surface area contributed by atoms with Gasteiger partial charge >= 0.3 is 6.03 Å². The van der Waals surface area contributed by atoms with Crippen LogP contribution in [0.15, 0.2) is 34.9 Å². The molecule has 0 aliphatic carbocycles. The molecule has 1 fully saturated rings. The molecule has 1 aromatic heterocycles. The van der Waals surface area contributed by atoms with Crippen LogP contribution in [-0.4, -0.2) is 51.9 Å². The molecule has 0 saturated carbocycles. The molecule has 128 valence electrons. The average molecular weight is 330 g/mol. The van der Waals surface area contributed by atoms with Crippen molar-refractivity contribution >= 4 is 6.03 Å². The maximum Gasteiger partial charge on any atom is 0.317 e. The molecule has 1 aromatic carbocycles. The summed E-state index contributed by atoms with van der Waals surface area (Å²) in [5, 5.41) is 16.1. The summed E-state index contributed by atoms with van der Waals surface area (Å²) in [6.45, 7) is 1.14. The van der Waals surface area contributed by atoms with Crippen molar-refractivity contribution < 1.29 is 14.4 Å². The smallest absolute Gasteiger partial charge is 0.317 e. The van der Waals surface area contributed by atoms with Gasteiger partial charge in [0.15, 0.2) is 5.82 Å². The van der Waals surface area contributed by atoms with Gasteiger partial charge in [-0.25, -0.2) is 4.79 Å². The summed E-state index contributed by atoms with van der Waals surface area (Å²) in [5.74, 6) is 1.16. The molecular weight excluding hydrogens is 308 g/mol. The minimum Gasteiger partial charge on any atom is -0.394 e. The van der Waals surface area contributed by atoms with Crippen LogP contribution < -0.4 is 5.32 Å². The third kappa shape index (κ3) is 4.11. The Morgan fingerprint density at radius 3 is 3.00 bits per heavy atom. The largest absolute Gasteiger partial charge is 0.394 e. The number of aliphatic hydroxyl groups is 1. The molecule has 1 saturated heterocycles. The topological polar surface area (TPSA) is 91.5 Å². The van der Waals surface area contributed by atoms with E-state index >= 15 is 0 Å². The van der Waals surface area contributed by atoms with Crippen LogP contribution in [0.2, 0.25) is 0 Å². The van der Waals surface area contributed by atoms with Crippen molar-refractivity contribution in [2.45, 2.75) is 31.7 Å². The van der Waals surface area contributed by atoms with Gasteiger partial charge in [-0.2, -0.15) is 4.98 Å². The summed E-state index contributed by atoms with van der Waals surface area (Å²) in [6, 6.07) is 9.75. The average Bonchev–Trinajstić information content (AvgIpc) is 3.25. The van der Waals surface area contributed by atoms with Gasteiger partial charge < -0.3 is 19.8 Å². The summed E-state index contributed by atoms with van der Waals surface area (Å²) in [5.41, 5.74) is 1.13. The van der Waals surface area contributed by atoms with Gasteiger partial charge in [-0.15, -0.1) is 0 Å². The van der Waals surface area contributed by atoms with Crippen molar-refractivity contribution in [1.82, 2.24) is 20.4 Å². The Morgan fingerprint density at radius 1 is 1.38 bits per heavy atom. The number of hydrogen-bond donors (Lipinski definition) is 2. The van der Waals surface area contributed by atoms with E-state index in [-0.39, 0.29) is 18.7 Å². The zero-order valence-electron chi connectivity index (χ0n) is 13.5. The maximum absolute atomic E-state index is 12.1. The van der Waals surface area contributed by atoms with E-state index < -0.39 is 0 Å². The Labute approximate surface area is 140 Å². The van der Waals surface area contributed by atoms with Gasteiger partial charge in [-0.3, -0.25) is 0 Å². The standard InChI is InChI=1S/C17H22N4O3/c22-12-14-7-4-10-21(14)17(23)18-9-8-16-19-15(20-24-16)11-13-5-2-1-3-6-13/h1-3,5-6,14,22H,4,7-12H2,(H,18,23). The molecule has 1 aliphatic rings. The first-order valence-corrected chi connectivity index (χ1v) is 8.27. The van der Waals surface area contributed by atoms with Crippen LogP contribution in [0.4, 0.5) is 4.79 Å². The van der Waals surface area contributed by atoms with Crippen LogP contribution in [-0.2, 0) is 12.8 Å². The Balaban J connectivity index is 1.45. The molecule has 0 radical (unpaired) electrons. The minimum atomic E-state index is -0.143. The van der Waals surface area contributed by atoms with E-state index in [2.05, 4.69) is 15.5 Å². The number of carbonyl (C=O) groups is 1. The molecule has 0 spiro atoms. The fourth-order valence-corrected chi connectivity index (χ4v) is 2.91. The first-order valence-electron chi connectivity index (χ1n) is 8.27. The summed E-state index contributed by atoms with van der Waals surface area (Å²) in [6.07, 6.45) is 2.91. The number of likely N-dealkylation sites (tertiary alicyclic amines) is 1. The van der Waals surface area contributed by atoms with Gasteiger partial charge in [0.2, 0.25) is 5.89 Å². The number of aliphatic hydroxyl groups excluding tert-OH is 1. The van der Waals surface area contributed by atoms with Gasteiger partial charge in [-0.05, 0) is 18.4 Å².